The maximum atomic E-state index is 12.2. The average Bonchev–Trinajstić information content (AvgIpc) is 2.39. The van der Waals surface area contributed by atoms with Gasteiger partial charge < -0.3 is 10.4 Å². The van der Waals surface area contributed by atoms with E-state index in [1.54, 1.807) is 0 Å². The first kappa shape index (κ1) is 15.7. The molecule has 0 fully saturated rings. The van der Waals surface area contributed by atoms with Gasteiger partial charge in [0.2, 0.25) is 0 Å². The second-order valence-electron chi connectivity index (χ2n) is 5.62. The van der Waals surface area contributed by atoms with Crippen LogP contribution in [0.15, 0.2) is 24.3 Å². The van der Waals surface area contributed by atoms with Crippen molar-refractivity contribution in [3.05, 3.63) is 35.4 Å². The summed E-state index contributed by atoms with van der Waals surface area (Å²) in [6.07, 6.45) is 1.36. The second-order valence-corrected chi connectivity index (χ2v) is 5.62. The zero-order chi connectivity index (χ0) is 14.5. The average molecular weight is 263 g/mol. The van der Waals surface area contributed by atoms with Crippen LogP contribution in [0.5, 0.6) is 0 Å². The van der Waals surface area contributed by atoms with E-state index in [0.29, 0.717) is 17.9 Å². The maximum absolute atomic E-state index is 12.2. The summed E-state index contributed by atoms with van der Waals surface area (Å²) in [4.78, 5) is 12.2. The Balaban J connectivity index is 2.77. The highest BCUT2D eigenvalue weighted by molar-refractivity contribution is 5.94. The molecule has 106 valence electrons. The Kier molecular flexibility index (Phi) is 5.55. The van der Waals surface area contributed by atoms with Gasteiger partial charge in [-0.15, -0.1) is 0 Å². The summed E-state index contributed by atoms with van der Waals surface area (Å²) in [5.74, 6) is 0.389. The van der Waals surface area contributed by atoms with E-state index in [-0.39, 0.29) is 18.1 Å². The number of amides is 1. The number of carbonyl (C=O) groups is 1. The van der Waals surface area contributed by atoms with Crippen LogP contribution >= 0.6 is 0 Å². The molecule has 0 aromatic heterocycles. The number of aliphatic hydroxyl groups is 1. The van der Waals surface area contributed by atoms with Crippen LogP contribution in [0, 0.1) is 0 Å². The molecular weight excluding hydrogens is 238 g/mol. The molecule has 0 aliphatic heterocycles. The van der Waals surface area contributed by atoms with Gasteiger partial charge >= 0.3 is 0 Å². The Morgan fingerprint density at radius 2 is 1.89 bits per heavy atom. The lowest BCUT2D eigenvalue weighted by Crippen LogP contribution is -2.46. The fourth-order valence-electron chi connectivity index (χ4n) is 1.94. The number of nitrogens with one attached hydrogen (secondary N) is 1. The van der Waals surface area contributed by atoms with Gasteiger partial charge in [-0.05, 0) is 43.4 Å². The minimum Gasteiger partial charge on any atom is -0.396 e. The molecule has 0 saturated heterocycles. The van der Waals surface area contributed by atoms with Crippen molar-refractivity contribution >= 4 is 5.91 Å². The van der Waals surface area contributed by atoms with Crippen LogP contribution in [0.25, 0.3) is 0 Å². The van der Waals surface area contributed by atoms with Crippen molar-refractivity contribution in [2.24, 2.45) is 0 Å². The topological polar surface area (TPSA) is 49.3 Å². The Bertz CT molecular complexity index is 411. The molecule has 0 heterocycles. The minimum atomic E-state index is -0.345. The van der Waals surface area contributed by atoms with Crippen molar-refractivity contribution in [3.63, 3.8) is 0 Å². The third-order valence-electron chi connectivity index (χ3n) is 3.70. The number of carbonyl (C=O) groups excluding carboxylic acids is 1. The molecule has 1 atom stereocenters. The van der Waals surface area contributed by atoms with Gasteiger partial charge in [-0.1, -0.05) is 32.9 Å². The van der Waals surface area contributed by atoms with E-state index in [4.69, 9.17) is 5.11 Å². The number of hydrogen-bond acceptors (Lipinski definition) is 2. The van der Waals surface area contributed by atoms with Gasteiger partial charge in [0, 0.05) is 17.7 Å². The maximum Gasteiger partial charge on any atom is 0.251 e. The first-order valence-corrected chi connectivity index (χ1v) is 6.95. The number of rotatable bonds is 6. The zero-order valence-corrected chi connectivity index (χ0v) is 12.4. The number of aliphatic hydroxyl groups excluding tert-OH is 1. The highest BCUT2D eigenvalue weighted by Gasteiger charge is 2.24. The van der Waals surface area contributed by atoms with E-state index in [9.17, 15) is 4.79 Å². The van der Waals surface area contributed by atoms with Crippen LogP contribution in [0.1, 0.15) is 62.4 Å². The Morgan fingerprint density at radius 3 is 2.32 bits per heavy atom. The highest BCUT2D eigenvalue weighted by Crippen LogP contribution is 2.17. The molecule has 0 saturated carbocycles. The molecule has 1 aromatic rings. The number of benzene rings is 1. The molecule has 2 N–H and O–H groups in total. The third kappa shape index (κ3) is 4.35. The first-order chi connectivity index (χ1) is 8.91. The summed E-state index contributed by atoms with van der Waals surface area (Å²) in [5.41, 5.74) is 1.55. The van der Waals surface area contributed by atoms with Crippen molar-refractivity contribution in [1.29, 1.82) is 0 Å². The van der Waals surface area contributed by atoms with E-state index >= 15 is 0 Å². The fraction of sp³-hybridized carbons (Fsp3) is 0.562. The van der Waals surface area contributed by atoms with Crippen molar-refractivity contribution in [3.8, 4) is 0 Å². The molecule has 1 rings (SSSR count). The van der Waals surface area contributed by atoms with Crippen LogP contribution in [0.3, 0.4) is 0 Å². The fourth-order valence-corrected chi connectivity index (χ4v) is 1.94. The molecule has 3 nitrogen and oxygen atoms in total. The molecule has 1 amide bonds. The molecule has 1 unspecified atom stereocenters. The van der Waals surface area contributed by atoms with Gasteiger partial charge in [0.05, 0.1) is 0 Å². The number of hydrogen-bond donors (Lipinski definition) is 2. The smallest absolute Gasteiger partial charge is 0.251 e. The lowest BCUT2D eigenvalue weighted by atomic mass is 9.94. The highest BCUT2D eigenvalue weighted by atomic mass is 16.3. The summed E-state index contributed by atoms with van der Waals surface area (Å²) in [6, 6.07) is 7.71. The molecule has 0 radical (unpaired) electrons. The quantitative estimate of drug-likeness (QED) is 0.828. The molecular formula is C16H25NO2. The van der Waals surface area contributed by atoms with Gasteiger partial charge in [0.1, 0.15) is 0 Å². The van der Waals surface area contributed by atoms with E-state index < -0.39 is 0 Å². The molecule has 19 heavy (non-hydrogen) atoms. The van der Waals surface area contributed by atoms with Crippen molar-refractivity contribution < 1.29 is 9.90 Å². The normalized spacial score (nSPS) is 14.2. The first-order valence-electron chi connectivity index (χ1n) is 6.95. The van der Waals surface area contributed by atoms with Gasteiger partial charge in [-0.25, -0.2) is 0 Å². The van der Waals surface area contributed by atoms with Crippen molar-refractivity contribution in [2.75, 3.05) is 6.61 Å². The van der Waals surface area contributed by atoms with Gasteiger partial charge in [0.15, 0.2) is 0 Å². The summed E-state index contributed by atoms with van der Waals surface area (Å²) >= 11 is 0. The predicted molar refractivity (Wildman–Crippen MR) is 78.4 cm³/mol. The second kappa shape index (κ2) is 6.71. The van der Waals surface area contributed by atoms with Crippen LogP contribution in [-0.4, -0.2) is 23.2 Å². The van der Waals surface area contributed by atoms with E-state index in [0.717, 1.165) is 6.42 Å². The SMILES string of the molecule is CCC(C)(CCO)NC(=O)c1ccc(C(C)C)cc1. The predicted octanol–water partition coefficient (Wildman–Crippen LogP) is 3.09. The summed E-state index contributed by atoms with van der Waals surface area (Å²) in [7, 11) is 0. The van der Waals surface area contributed by atoms with E-state index in [2.05, 4.69) is 19.2 Å². The van der Waals surface area contributed by atoms with E-state index in [1.807, 2.05) is 38.1 Å². The zero-order valence-electron chi connectivity index (χ0n) is 12.4. The molecule has 0 aliphatic rings. The molecule has 0 spiro atoms. The third-order valence-corrected chi connectivity index (χ3v) is 3.70. The lowest BCUT2D eigenvalue weighted by Gasteiger charge is -2.29. The Labute approximate surface area is 116 Å². The van der Waals surface area contributed by atoms with E-state index in [1.165, 1.54) is 5.56 Å². The standard InChI is InChI=1S/C16H25NO2/c1-5-16(4,10-11-18)17-15(19)14-8-6-13(7-9-14)12(2)3/h6-9,12,18H,5,10-11H2,1-4H3,(H,17,19). The summed E-state index contributed by atoms with van der Waals surface area (Å²) in [6.45, 7) is 8.31. The monoisotopic (exact) mass is 263 g/mol. The minimum absolute atomic E-state index is 0.0758. The van der Waals surface area contributed by atoms with Crippen LogP contribution < -0.4 is 5.32 Å². The van der Waals surface area contributed by atoms with Crippen LogP contribution in [-0.2, 0) is 0 Å². The lowest BCUT2D eigenvalue weighted by molar-refractivity contribution is 0.0886. The summed E-state index contributed by atoms with van der Waals surface area (Å²) < 4.78 is 0. The molecule has 3 heteroatoms. The van der Waals surface area contributed by atoms with Crippen molar-refractivity contribution in [1.82, 2.24) is 5.32 Å². The van der Waals surface area contributed by atoms with Crippen LogP contribution in [0.2, 0.25) is 0 Å². The van der Waals surface area contributed by atoms with Gasteiger partial charge in [-0.2, -0.15) is 0 Å². The Morgan fingerprint density at radius 1 is 1.32 bits per heavy atom. The molecule has 0 bridgehead atoms. The van der Waals surface area contributed by atoms with Crippen LogP contribution in [0.4, 0.5) is 0 Å². The molecule has 1 aromatic carbocycles. The summed E-state index contributed by atoms with van der Waals surface area (Å²) in [5, 5.41) is 12.1. The van der Waals surface area contributed by atoms with Gasteiger partial charge in [-0.3, -0.25) is 4.79 Å². The van der Waals surface area contributed by atoms with Gasteiger partial charge in [0.25, 0.3) is 5.91 Å². The molecule has 0 aliphatic carbocycles. The van der Waals surface area contributed by atoms with Crippen molar-refractivity contribution in [2.45, 2.75) is 52.0 Å². The Hall–Kier alpha value is -1.35. The largest absolute Gasteiger partial charge is 0.396 e.